The van der Waals surface area contributed by atoms with Crippen molar-refractivity contribution in [3.8, 4) is 0 Å². The van der Waals surface area contributed by atoms with E-state index in [1.165, 1.54) is 0 Å². The minimum absolute atomic E-state index is 0.394. The van der Waals surface area contributed by atoms with Crippen LogP contribution in [0.15, 0.2) is 0 Å². The van der Waals surface area contributed by atoms with E-state index >= 15 is 0 Å². The van der Waals surface area contributed by atoms with Gasteiger partial charge < -0.3 is 15.7 Å². The molecule has 66 valence electrons. The molecule has 1 aliphatic heterocycles. The van der Waals surface area contributed by atoms with Crippen LogP contribution in [-0.2, 0) is 0 Å². The van der Waals surface area contributed by atoms with Crippen molar-refractivity contribution in [3.05, 3.63) is 0 Å². The summed E-state index contributed by atoms with van der Waals surface area (Å²) in [6.45, 7) is 3.47. The Morgan fingerprint density at radius 2 is 2.36 bits per heavy atom. The van der Waals surface area contributed by atoms with Gasteiger partial charge in [-0.25, -0.2) is 0 Å². The van der Waals surface area contributed by atoms with Crippen LogP contribution in [0.25, 0.3) is 0 Å². The standard InChI is InChI=1S/C8H18N2O/c1-7-5-8(11,6-9)3-4-10(7)2/h7,11H,3-6,9H2,1-2H3. The summed E-state index contributed by atoms with van der Waals surface area (Å²) >= 11 is 0. The van der Waals surface area contributed by atoms with Crippen molar-refractivity contribution in [1.82, 2.24) is 4.90 Å². The van der Waals surface area contributed by atoms with E-state index in [1.807, 2.05) is 0 Å². The Morgan fingerprint density at radius 3 is 2.82 bits per heavy atom. The summed E-state index contributed by atoms with van der Waals surface area (Å²) < 4.78 is 0. The number of hydrogen-bond acceptors (Lipinski definition) is 3. The molecular weight excluding hydrogens is 140 g/mol. The zero-order valence-corrected chi connectivity index (χ0v) is 7.38. The second kappa shape index (κ2) is 3.09. The Kier molecular flexibility index (Phi) is 2.52. The number of nitrogens with zero attached hydrogens (tertiary/aromatic N) is 1. The normalized spacial score (nSPS) is 40.9. The predicted molar refractivity (Wildman–Crippen MR) is 45.3 cm³/mol. The topological polar surface area (TPSA) is 49.5 Å². The fraction of sp³-hybridized carbons (Fsp3) is 1.00. The molecule has 1 fully saturated rings. The Labute approximate surface area is 68.2 Å². The molecule has 0 aromatic carbocycles. The molecule has 3 nitrogen and oxygen atoms in total. The number of nitrogens with two attached hydrogens (primary N) is 1. The molecule has 0 aromatic heterocycles. The van der Waals surface area contributed by atoms with E-state index in [4.69, 9.17) is 5.73 Å². The van der Waals surface area contributed by atoms with E-state index in [1.54, 1.807) is 0 Å². The van der Waals surface area contributed by atoms with Crippen LogP contribution in [0.3, 0.4) is 0 Å². The third-order valence-corrected chi connectivity index (χ3v) is 2.74. The number of piperidine rings is 1. The lowest BCUT2D eigenvalue weighted by Crippen LogP contribution is -2.51. The third kappa shape index (κ3) is 1.92. The van der Waals surface area contributed by atoms with Gasteiger partial charge in [-0.3, -0.25) is 0 Å². The highest BCUT2D eigenvalue weighted by atomic mass is 16.3. The summed E-state index contributed by atoms with van der Waals surface area (Å²) in [6, 6.07) is 0.456. The van der Waals surface area contributed by atoms with Crippen LogP contribution in [0.2, 0.25) is 0 Å². The van der Waals surface area contributed by atoms with Gasteiger partial charge in [-0.05, 0) is 26.8 Å². The van der Waals surface area contributed by atoms with Gasteiger partial charge in [0.05, 0.1) is 5.60 Å². The molecule has 1 saturated heterocycles. The van der Waals surface area contributed by atoms with Gasteiger partial charge in [-0.2, -0.15) is 0 Å². The molecule has 0 aliphatic carbocycles. The molecule has 2 unspecified atom stereocenters. The summed E-state index contributed by atoms with van der Waals surface area (Å²) in [7, 11) is 2.08. The van der Waals surface area contributed by atoms with Crippen molar-refractivity contribution in [2.24, 2.45) is 5.73 Å². The van der Waals surface area contributed by atoms with Crippen molar-refractivity contribution in [2.45, 2.75) is 31.4 Å². The minimum Gasteiger partial charge on any atom is -0.388 e. The van der Waals surface area contributed by atoms with E-state index in [0.29, 0.717) is 12.6 Å². The van der Waals surface area contributed by atoms with Crippen LogP contribution in [0.5, 0.6) is 0 Å². The van der Waals surface area contributed by atoms with E-state index < -0.39 is 5.60 Å². The Bertz CT molecular complexity index is 140. The van der Waals surface area contributed by atoms with Gasteiger partial charge in [0.2, 0.25) is 0 Å². The first kappa shape index (κ1) is 8.97. The average molecular weight is 158 g/mol. The predicted octanol–water partition coefficient (Wildman–Crippen LogP) is -0.210. The van der Waals surface area contributed by atoms with Crippen molar-refractivity contribution in [1.29, 1.82) is 0 Å². The lowest BCUT2D eigenvalue weighted by Gasteiger charge is -2.40. The fourth-order valence-corrected chi connectivity index (χ4v) is 1.60. The van der Waals surface area contributed by atoms with Gasteiger partial charge in [-0.1, -0.05) is 0 Å². The highest BCUT2D eigenvalue weighted by molar-refractivity contribution is 4.89. The smallest absolute Gasteiger partial charge is 0.0796 e. The van der Waals surface area contributed by atoms with Crippen molar-refractivity contribution >= 4 is 0 Å². The van der Waals surface area contributed by atoms with E-state index in [-0.39, 0.29) is 0 Å². The zero-order valence-electron chi connectivity index (χ0n) is 7.38. The molecule has 1 aliphatic rings. The number of rotatable bonds is 1. The Morgan fingerprint density at radius 1 is 1.73 bits per heavy atom. The molecule has 11 heavy (non-hydrogen) atoms. The maximum atomic E-state index is 9.82. The molecule has 0 saturated carbocycles. The van der Waals surface area contributed by atoms with Gasteiger partial charge >= 0.3 is 0 Å². The fourth-order valence-electron chi connectivity index (χ4n) is 1.60. The second-order valence-corrected chi connectivity index (χ2v) is 3.71. The lowest BCUT2D eigenvalue weighted by molar-refractivity contribution is -0.0284. The lowest BCUT2D eigenvalue weighted by atomic mass is 9.87. The van der Waals surface area contributed by atoms with Gasteiger partial charge in [0.15, 0.2) is 0 Å². The molecule has 3 N–H and O–H groups in total. The van der Waals surface area contributed by atoms with Crippen LogP contribution >= 0.6 is 0 Å². The largest absolute Gasteiger partial charge is 0.388 e. The van der Waals surface area contributed by atoms with Gasteiger partial charge in [0, 0.05) is 19.1 Å². The maximum Gasteiger partial charge on any atom is 0.0796 e. The van der Waals surface area contributed by atoms with Crippen LogP contribution in [0, 0.1) is 0 Å². The van der Waals surface area contributed by atoms with E-state index in [9.17, 15) is 5.11 Å². The Balaban J connectivity index is 2.51. The molecule has 3 heteroatoms. The van der Waals surface area contributed by atoms with Crippen molar-refractivity contribution in [3.63, 3.8) is 0 Å². The molecule has 0 radical (unpaired) electrons. The summed E-state index contributed by atoms with van der Waals surface area (Å²) in [6.07, 6.45) is 1.62. The first-order valence-electron chi connectivity index (χ1n) is 4.20. The maximum absolute atomic E-state index is 9.82. The van der Waals surface area contributed by atoms with Crippen LogP contribution < -0.4 is 5.73 Å². The number of aliphatic hydroxyl groups is 1. The monoisotopic (exact) mass is 158 g/mol. The highest BCUT2D eigenvalue weighted by Crippen LogP contribution is 2.24. The molecule has 0 bridgehead atoms. The van der Waals surface area contributed by atoms with Crippen molar-refractivity contribution in [2.75, 3.05) is 20.1 Å². The summed E-state index contributed by atoms with van der Waals surface area (Å²) in [5.74, 6) is 0. The molecule has 0 aromatic rings. The highest BCUT2D eigenvalue weighted by Gasteiger charge is 2.33. The van der Waals surface area contributed by atoms with Gasteiger partial charge in [-0.15, -0.1) is 0 Å². The van der Waals surface area contributed by atoms with Gasteiger partial charge in [0.25, 0.3) is 0 Å². The molecule has 0 spiro atoms. The minimum atomic E-state index is -0.591. The van der Waals surface area contributed by atoms with Gasteiger partial charge in [0.1, 0.15) is 0 Å². The molecule has 0 amide bonds. The molecule has 1 rings (SSSR count). The average Bonchev–Trinajstić information content (AvgIpc) is 1.98. The number of hydrogen-bond donors (Lipinski definition) is 2. The first-order chi connectivity index (χ1) is 5.07. The zero-order chi connectivity index (χ0) is 8.48. The van der Waals surface area contributed by atoms with Crippen molar-refractivity contribution < 1.29 is 5.11 Å². The van der Waals surface area contributed by atoms with E-state index in [0.717, 1.165) is 19.4 Å². The van der Waals surface area contributed by atoms with Crippen LogP contribution in [0.4, 0.5) is 0 Å². The van der Waals surface area contributed by atoms with Crippen LogP contribution in [-0.4, -0.2) is 41.8 Å². The van der Waals surface area contributed by atoms with E-state index in [2.05, 4.69) is 18.9 Å². The van der Waals surface area contributed by atoms with Crippen LogP contribution in [0.1, 0.15) is 19.8 Å². The third-order valence-electron chi connectivity index (χ3n) is 2.74. The summed E-state index contributed by atoms with van der Waals surface area (Å²) in [5.41, 5.74) is 4.89. The molecular formula is C8H18N2O. The molecule has 2 atom stereocenters. The second-order valence-electron chi connectivity index (χ2n) is 3.71. The summed E-state index contributed by atoms with van der Waals surface area (Å²) in [5, 5.41) is 9.82. The molecule has 1 heterocycles. The first-order valence-corrected chi connectivity index (χ1v) is 4.20. The Hall–Kier alpha value is -0.120. The quantitative estimate of drug-likeness (QED) is 0.555. The SMILES string of the molecule is CC1CC(O)(CN)CCN1C. The number of likely N-dealkylation sites (tertiary alicyclic amines) is 1. The summed E-state index contributed by atoms with van der Waals surface area (Å²) in [4.78, 5) is 2.25.